The van der Waals surface area contributed by atoms with Crippen LogP contribution in [0.5, 0.6) is 0 Å². The van der Waals surface area contributed by atoms with Crippen molar-refractivity contribution in [2.45, 2.75) is 6.42 Å². The number of rotatable bonds is 6. The van der Waals surface area contributed by atoms with Crippen LogP contribution in [0.4, 0.5) is 5.69 Å². The quantitative estimate of drug-likeness (QED) is 0.833. The van der Waals surface area contributed by atoms with Crippen LogP contribution in [0.1, 0.15) is 22.3 Å². The van der Waals surface area contributed by atoms with Crippen LogP contribution in [0.3, 0.4) is 0 Å². The average molecular weight is 293 g/mol. The van der Waals surface area contributed by atoms with E-state index in [4.69, 9.17) is 5.26 Å². The predicted molar refractivity (Wildman–Crippen MR) is 87.8 cm³/mol. The molecule has 2 aromatic carbocycles. The van der Waals surface area contributed by atoms with Gasteiger partial charge in [0.1, 0.15) is 0 Å². The second-order valence-electron chi connectivity index (χ2n) is 5.06. The highest BCUT2D eigenvalue weighted by molar-refractivity contribution is 5.94. The number of anilines is 1. The van der Waals surface area contributed by atoms with Gasteiger partial charge >= 0.3 is 0 Å². The monoisotopic (exact) mass is 293 g/mol. The molecule has 0 fully saturated rings. The van der Waals surface area contributed by atoms with Gasteiger partial charge in [-0.05, 0) is 36.8 Å². The first-order chi connectivity index (χ1) is 10.7. The topological polar surface area (TPSA) is 56.1 Å². The van der Waals surface area contributed by atoms with Gasteiger partial charge in [0.25, 0.3) is 5.91 Å². The fraction of sp³-hybridized carbons (Fsp3) is 0.222. The molecule has 22 heavy (non-hydrogen) atoms. The first-order valence-corrected chi connectivity index (χ1v) is 7.25. The van der Waals surface area contributed by atoms with Crippen molar-refractivity contribution in [1.82, 2.24) is 5.32 Å². The summed E-state index contributed by atoms with van der Waals surface area (Å²) < 4.78 is 0. The number of nitriles is 1. The number of amides is 1. The maximum Gasteiger partial charge on any atom is 0.251 e. The number of para-hydroxylation sites is 1. The minimum absolute atomic E-state index is 0.139. The summed E-state index contributed by atoms with van der Waals surface area (Å²) in [6, 6.07) is 18.9. The normalized spacial score (nSPS) is 9.82. The molecule has 4 nitrogen and oxygen atoms in total. The highest BCUT2D eigenvalue weighted by Gasteiger charge is 2.06. The van der Waals surface area contributed by atoms with E-state index in [0.717, 1.165) is 18.7 Å². The third-order valence-corrected chi connectivity index (χ3v) is 3.41. The van der Waals surface area contributed by atoms with Crippen LogP contribution in [0.2, 0.25) is 0 Å². The van der Waals surface area contributed by atoms with E-state index in [2.05, 4.69) is 22.3 Å². The summed E-state index contributed by atoms with van der Waals surface area (Å²) in [7, 11) is 2.04. The highest BCUT2D eigenvalue weighted by atomic mass is 16.1. The molecule has 0 unspecified atom stereocenters. The van der Waals surface area contributed by atoms with E-state index >= 15 is 0 Å². The summed E-state index contributed by atoms with van der Waals surface area (Å²) in [6.07, 6.45) is 0.856. The van der Waals surface area contributed by atoms with Gasteiger partial charge in [0.2, 0.25) is 0 Å². The van der Waals surface area contributed by atoms with E-state index in [-0.39, 0.29) is 5.91 Å². The number of hydrogen-bond donors (Lipinski definition) is 1. The molecule has 0 aliphatic heterocycles. The molecular formula is C18H19N3O. The molecule has 1 N–H and O–H groups in total. The second kappa shape index (κ2) is 7.84. The molecule has 0 spiro atoms. The Kier molecular flexibility index (Phi) is 5.56. The van der Waals surface area contributed by atoms with E-state index in [9.17, 15) is 4.79 Å². The van der Waals surface area contributed by atoms with Gasteiger partial charge in [-0.15, -0.1) is 0 Å². The fourth-order valence-electron chi connectivity index (χ4n) is 2.16. The Morgan fingerprint density at radius 2 is 1.95 bits per heavy atom. The molecule has 1 amide bonds. The smallest absolute Gasteiger partial charge is 0.251 e. The first-order valence-electron chi connectivity index (χ1n) is 7.25. The van der Waals surface area contributed by atoms with Crippen LogP contribution < -0.4 is 10.2 Å². The van der Waals surface area contributed by atoms with Gasteiger partial charge in [-0.2, -0.15) is 5.26 Å². The Hall–Kier alpha value is -2.80. The molecule has 2 rings (SSSR count). The molecule has 0 radical (unpaired) electrons. The van der Waals surface area contributed by atoms with E-state index in [1.54, 1.807) is 24.3 Å². The van der Waals surface area contributed by atoms with E-state index in [1.165, 1.54) is 0 Å². The summed E-state index contributed by atoms with van der Waals surface area (Å²) in [5, 5.41) is 11.7. The lowest BCUT2D eigenvalue weighted by Gasteiger charge is -2.19. The molecule has 0 aliphatic carbocycles. The van der Waals surface area contributed by atoms with Crippen molar-refractivity contribution < 1.29 is 4.79 Å². The van der Waals surface area contributed by atoms with Crippen LogP contribution in [0.25, 0.3) is 0 Å². The number of nitrogens with one attached hydrogen (secondary N) is 1. The van der Waals surface area contributed by atoms with E-state index in [0.29, 0.717) is 17.7 Å². The van der Waals surface area contributed by atoms with Crippen molar-refractivity contribution in [2.24, 2.45) is 0 Å². The van der Waals surface area contributed by atoms with E-state index < -0.39 is 0 Å². The van der Waals surface area contributed by atoms with Crippen molar-refractivity contribution in [2.75, 3.05) is 25.0 Å². The maximum absolute atomic E-state index is 12.0. The SMILES string of the molecule is CN(CCCNC(=O)c1cccc(C#N)c1)c1ccccc1. The minimum atomic E-state index is -0.139. The van der Waals surface area contributed by atoms with Gasteiger partial charge in [-0.3, -0.25) is 4.79 Å². The largest absolute Gasteiger partial charge is 0.375 e. The van der Waals surface area contributed by atoms with Crippen molar-refractivity contribution in [3.05, 3.63) is 65.7 Å². The van der Waals surface area contributed by atoms with Crippen molar-refractivity contribution in [1.29, 1.82) is 5.26 Å². The van der Waals surface area contributed by atoms with Crippen LogP contribution in [-0.4, -0.2) is 26.0 Å². The molecule has 112 valence electrons. The number of nitrogens with zero attached hydrogens (tertiary/aromatic N) is 2. The zero-order chi connectivity index (χ0) is 15.8. The third-order valence-electron chi connectivity index (χ3n) is 3.41. The van der Waals surface area contributed by atoms with Gasteiger partial charge in [0.05, 0.1) is 11.6 Å². The fourth-order valence-corrected chi connectivity index (χ4v) is 2.16. The van der Waals surface area contributed by atoms with Gasteiger partial charge in [-0.25, -0.2) is 0 Å². The summed E-state index contributed by atoms with van der Waals surface area (Å²) in [4.78, 5) is 14.1. The van der Waals surface area contributed by atoms with Crippen molar-refractivity contribution in [3.63, 3.8) is 0 Å². The Balaban J connectivity index is 1.77. The van der Waals surface area contributed by atoms with Crippen LogP contribution in [0.15, 0.2) is 54.6 Å². The maximum atomic E-state index is 12.0. The lowest BCUT2D eigenvalue weighted by atomic mass is 10.1. The average Bonchev–Trinajstić information content (AvgIpc) is 2.59. The molecule has 0 bridgehead atoms. The zero-order valence-electron chi connectivity index (χ0n) is 12.6. The Labute approximate surface area is 131 Å². The van der Waals surface area contributed by atoms with Crippen LogP contribution in [0, 0.1) is 11.3 Å². The Bertz CT molecular complexity index is 662. The molecule has 4 heteroatoms. The summed E-state index contributed by atoms with van der Waals surface area (Å²) in [5.74, 6) is -0.139. The Morgan fingerprint density at radius 1 is 1.18 bits per heavy atom. The summed E-state index contributed by atoms with van der Waals surface area (Å²) in [5.41, 5.74) is 2.18. The summed E-state index contributed by atoms with van der Waals surface area (Å²) >= 11 is 0. The number of carbonyl (C=O) groups is 1. The Morgan fingerprint density at radius 3 is 2.68 bits per heavy atom. The van der Waals surface area contributed by atoms with E-state index in [1.807, 2.05) is 31.3 Å². The van der Waals surface area contributed by atoms with Gasteiger partial charge in [0, 0.05) is 31.4 Å². The standard InChI is InChI=1S/C18H19N3O/c1-21(17-9-3-2-4-10-17)12-6-11-20-18(22)16-8-5-7-15(13-16)14-19/h2-5,7-10,13H,6,11-12H2,1H3,(H,20,22). The number of hydrogen-bond acceptors (Lipinski definition) is 3. The highest BCUT2D eigenvalue weighted by Crippen LogP contribution is 2.10. The molecule has 2 aromatic rings. The molecule has 0 saturated heterocycles. The number of carbonyl (C=O) groups excluding carboxylic acids is 1. The predicted octanol–water partition coefficient (Wildman–Crippen LogP) is 2.81. The molecule has 0 aromatic heterocycles. The van der Waals surface area contributed by atoms with Crippen molar-refractivity contribution in [3.8, 4) is 6.07 Å². The molecule has 0 aliphatic rings. The zero-order valence-corrected chi connectivity index (χ0v) is 12.6. The number of benzene rings is 2. The first kappa shape index (κ1) is 15.6. The third kappa shape index (κ3) is 4.35. The van der Waals surface area contributed by atoms with Gasteiger partial charge in [-0.1, -0.05) is 24.3 Å². The lowest BCUT2D eigenvalue weighted by Crippen LogP contribution is -2.28. The second-order valence-corrected chi connectivity index (χ2v) is 5.06. The molecular weight excluding hydrogens is 274 g/mol. The molecule has 0 atom stereocenters. The van der Waals surface area contributed by atoms with Gasteiger partial charge < -0.3 is 10.2 Å². The molecule has 0 saturated carbocycles. The van der Waals surface area contributed by atoms with Gasteiger partial charge in [0.15, 0.2) is 0 Å². The van der Waals surface area contributed by atoms with Crippen molar-refractivity contribution >= 4 is 11.6 Å². The minimum Gasteiger partial charge on any atom is -0.375 e. The van der Waals surface area contributed by atoms with Crippen LogP contribution >= 0.6 is 0 Å². The van der Waals surface area contributed by atoms with Crippen LogP contribution in [-0.2, 0) is 0 Å². The molecule has 0 heterocycles. The summed E-state index contributed by atoms with van der Waals surface area (Å²) in [6.45, 7) is 1.47. The lowest BCUT2D eigenvalue weighted by molar-refractivity contribution is 0.0953.